The highest BCUT2D eigenvalue weighted by Crippen LogP contribution is 2.24. The molecule has 1 aromatic rings. The highest BCUT2D eigenvalue weighted by atomic mass is 16.5. The first kappa shape index (κ1) is 11.4. The summed E-state index contributed by atoms with van der Waals surface area (Å²) in [7, 11) is 1.89. The Balaban J connectivity index is 2.13. The first-order valence-electron chi connectivity index (χ1n) is 5.69. The van der Waals surface area contributed by atoms with Crippen molar-refractivity contribution in [1.82, 2.24) is 9.78 Å². The van der Waals surface area contributed by atoms with Crippen LogP contribution in [0.25, 0.3) is 0 Å². The van der Waals surface area contributed by atoms with Gasteiger partial charge in [0.15, 0.2) is 0 Å². The van der Waals surface area contributed by atoms with Gasteiger partial charge in [-0.3, -0.25) is 0 Å². The van der Waals surface area contributed by atoms with E-state index in [2.05, 4.69) is 5.10 Å². The summed E-state index contributed by atoms with van der Waals surface area (Å²) >= 11 is 0. The minimum atomic E-state index is 0.230. The Hall–Kier alpha value is -1.07. The molecule has 0 unspecified atom stereocenters. The van der Waals surface area contributed by atoms with Crippen molar-refractivity contribution in [3.8, 4) is 5.88 Å². The molecule has 0 saturated carbocycles. The van der Waals surface area contributed by atoms with Gasteiger partial charge in [0.2, 0.25) is 5.88 Å². The molecule has 0 aliphatic carbocycles. The van der Waals surface area contributed by atoms with Gasteiger partial charge in [-0.2, -0.15) is 5.10 Å². The van der Waals surface area contributed by atoms with E-state index >= 15 is 0 Å². The number of ether oxygens (including phenoxy) is 2. The molecular formula is C11H19N3O2. The zero-order valence-electron chi connectivity index (χ0n) is 9.90. The van der Waals surface area contributed by atoms with Gasteiger partial charge in [0, 0.05) is 26.4 Å². The smallest absolute Gasteiger partial charge is 0.216 e. The van der Waals surface area contributed by atoms with Crippen LogP contribution in [0.1, 0.15) is 24.1 Å². The average Bonchev–Trinajstić information content (AvgIpc) is 2.55. The van der Waals surface area contributed by atoms with E-state index in [1.165, 1.54) is 0 Å². The zero-order valence-corrected chi connectivity index (χ0v) is 9.90. The standard InChI is InChI=1S/C11H19N3O2/c1-8-10(7-12)11(14(2)13-8)16-9-3-5-15-6-4-9/h9H,3-7,12H2,1-2H3. The molecule has 1 fully saturated rings. The number of hydrogen-bond acceptors (Lipinski definition) is 4. The topological polar surface area (TPSA) is 62.3 Å². The number of rotatable bonds is 3. The second kappa shape index (κ2) is 4.84. The van der Waals surface area contributed by atoms with Gasteiger partial charge in [-0.05, 0) is 6.92 Å². The Labute approximate surface area is 95.5 Å². The SMILES string of the molecule is Cc1nn(C)c(OC2CCOCC2)c1CN. The van der Waals surface area contributed by atoms with E-state index in [-0.39, 0.29) is 6.10 Å². The van der Waals surface area contributed by atoms with Crippen molar-refractivity contribution in [2.45, 2.75) is 32.4 Å². The Kier molecular flexibility index (Phi) is 3.46. The van der Waals surface area contributed by atoms with Crippen LogP contribution in [-0.2, 0) is 18.3 Å². The molecule has 5 heteroatoms. The van der Waals surface area contributed by atoms with Crippen molar-refractivity contribution in [2.75, 3.05) is 13.2 Å². The zero-order chi connectivity index (χ0) is 11.5. The molecule has 2 N–H and O–H groups in total. The number of nitrogens with two attached hydrogens (primary N) is 1. The molecule has 90 valence electrons. The van der Waals surface area contributed by atoms with Crippen LogP contribution in [0.5, 0.6) is 5.88 Å². The Morgan fingerprint density at radius 3 is 2.81 bits per heavy atom. The van der Waals surface area contributed by atoms with E-state index in [0.717, 1.165) is 43.2 Å². The summed E-state index contributed by atoms with van der Waals surface area (Å²) in [4.78, 5) is 0. The van der Waals surface area contributed by atoms with Crippen molar-refractivity contribution in [2.24, 2.45) is 12.8 Å². The minimum Gasteiger partial charge on any atom is -0.474 e. The third-order valence-corrected chi connectivity index (χ3v) is 2.94. The van der Waals surface area contributed by atoms with Crippen LogP contribution in [0.15, 0.2) is 0 Å². The lowest BCUT2D eigenvalue weighted by Crippen LogP contribution is -2.27. The molecule has 5 nitrogen and oxygen atoms in total. The average molecular weight is 225 g/mol. The van der Waals surface area contributed by atoms with Crippen LogP contribution in [0.3, 0.4) is 0 Å². The normalized spacial score (nSPS) is 17.7. The summed E-state index contributed by atoms with van der Waals surface area (Å²) < 4.78 is 13.0. The second-order valence-corrected chi connectivity index (χ2v) is 4.13. The van der Waals surface area contributed by atoms with Crippen molar-refractivity contribution < 1.29 is 9.47 Å². The third-order valence-electron chi connectivity index (χ3n) is 2.94. The Morgan fingerprint density at radius 1 is 1.50 bits per heavy atom. The maximum atomic E-state index is 5.97. The number of hydrogen-bond donors (Lipinski definition) is 1. The molecule has 0 aromatic carbocycles. The molecule has 1 aliphatic rings. The van der Waals surface area contributed by atoms with Crippen molar-refractivity contribution >= 4 is 0 Å². The number of aromatic nitrogens is 2. The van der Waals surface area contributed by atoms with Crippen LogP contribution in [0, 0.1) is 6.92 Å². The molecule has 2 heterocycles. The fraction of sp³-hybridized carbons (Fsp3) is 0.727. The van der Waals surface area contributed by atoms with Gasteiger partial charge in [0.1, 0.15) is 6.10 Å². The fourth-order valence-corrected chi connectivity index (χ4v) is 2.01. The van der Waals surface area contributed by atoms with Gasteiger partial charge in [-0.1, -0.05) is 0 Å². The van der Waals surface area contributed by atoms with E-state index in [9.17, 15) is 0 Å². The van der Waals surface area contributed by atoms with Gasteiger partial charge < -0.3 is 15.2 Å². The van der Waals surface area contributed by atoms with Crippen LogP contribution in [0.4, 0.5) is 0 Å². The fourth-order valence-electron chi connectivity index (χ4n) is 2.01. The van der Waals surface area contributed by atoms with Gasteiger partial charge in [0.25, 0.3) is 0 Å². The largest absolute Gasteiger partial charge is 0.474 e. The quantitative estimate of drug-likeness (QED) is 0.824. The summed E-state index contributed by atoms with van der Waals surface area (Å²) in [5, 5.41) is 4.33. The van der Waals surface area contributed by atoms with Crippen molar-refractivity contribution in [3.63, 3.8) is 0 Å². The minimum absolute atomic E-state index is 0.230. The highest BCUT2D eigenvalue weighted by Gasteiger charge is 2.20. The van der Waals surface area contributed by atoms with Gasteiger partial charge in [-0.25, -0.2) is 4.68 Å². The van der Waals surface area contributed by atoms with E-state index in [4.69, 9.17) is 15.2 Å². The van der Waals surface area contributed by atoms with E-state index < -0.39 is 0 Å². The first-order chi connectivity index (χ1) is 7.72. The predicted molar refractivity (Wildman–Crippen MR) is 60.3 cm³/mol. The van der Waals surface area contributed by atoms with Crippen LogP contribution in [0.2, 0.25) is 0 Å². The molecule has 0 spiro atoms. The Morgan fingerprint density at radius 2 is 2.19 bits per heavy atom. The van der Waals surface area contributed by atoms with Gasteiger partial charge in [0.05, 0.1) is 24.5 Å². The number of nitrogens with zero attached hydrogens (tertiary/aromatic N) is 2. The summed E-state index contributed by atoms with van der Waals surface area (Å²) in [6.07, 6.45) is 2.11. The lowest BCUT2D eigenvalue weighted by atomic mass is 10.1. The van der Waals surface area contributed by atoms with E-state index in [1.54, 1.807) is 4.68 Å². The molecule has 0 radical (unpaired) electrons. The molecule has 1 aromatic heterocycles. The predicted octanol–water partition coefficient (Wildman–Crippen LogP) is 0.745. The lowest BCUT2D eigenvalue weighted by molar-refractivity contribution is 0.0217. The molecule has 0 amide bonds. The summed E-state index contributed by atoms with van der Waals surface area (Å²) in [5.41, 5.74) is 7.67. The third kappa shape index (κ3) is 2.20. The maximum Gasteiger partial charge on any atom is 0.216 e. The van der Waals surface area contributed by atoms with Crippen molar-refractivity contribution in [1.29, 1.82) is 0 Å². The van der Waals surface area contributed by atoms with Gasteiger partial charge in [-0.15, -0.1) is 0 Å². The molecule has 0 bridgehead atoms. The molecule has 1 saturated heterocycles. The molecule has 0 atom stereocenters. The number of aryl methyl sites for hydroxylation is 2. The Bertz CT molecular complexity index is 356. The molecular weight excluding hydrogens is 206 g/mol. The highest BCUT2D eigenvalue weighted by molar-refractivity contribution is 5.30. The maximum absolute atomic E-state index is 5.97. The second-order valence-electron chi connectivity index (χ2n) is 4.13. The summed E-state index contributed by atoms with van der Waals surface area (Å²) in [6.45, 7) is 3.98. The molecule has 1 aliphatic heterocycles. The van der Waals surface area contributed by atoms with Crippen LogP contribution < -0.4 is 10.5 Å². The van der Waals surface area contributed by atoms with E-state index in [0.29, 0.717) is 6.54 Å². The summed E-state index contributed by atoms with van der Waals surface area (Å²) in [5.74, 6) is 0.812. The summed E-state index contributed by atoms with van der Waals surface area (Å²) in [6, 6.07) is 0. The lowest BCUT2D eigenvalue weighted by Gasteiger charge is -2.23. The van der Waals surface area contributed by atoms with Crippen LogP contribution >= 0.6 is 0 Å². The van der Waals surface area contributed by atoms with Crippen LogP contribution in [-0.4, -0.2) is 29.1 Å². The van der Waals surface area contributed by atoms with Crippen molar-refractivity contribution in [3.05, 3.63) is 11.3 Å². The van der Waals surface area contributed by atoms with E-state index in [1.807, 2.05) is 14.0 Å². The van der Waals surface area contributed by atoms with Gasteiger partial charge >= 0.3 is 0 Å². The first-order valence-corrected chi connectivity index (χ1v) is 5.69. The molecule has 2 rings (SSSR count). The molecule has 16 heavy (non-hydrogen) atoms. The monoisotopic (exact) mass is 225 g/mol.